The van der Waals surface area contributed by atoms with Crippen LogP contribution in [0.3, 0.4) is 0 Å². The Bertz CT molecular complexity index is 1110. The summed E-state index contributed by atoms with van der Waals surface area (Å²) >= 11 is 0. The smallest absolute Gasteiger partial charge is 0.247 e. The standard InChI is InChI=1S/C21H18N6O/c1-15-5-7-22-12-18(15)16-3-2-4-17(11-16)19-6-10-27(26-19)14-21(28)25-20-13-23-8-9-24-20/h2-13H,14H2,1H3,(H,24,25,28). The number of anilines is 1. The molecule has 0 unspecified atom stereocenters. The Balaban J connectivity index is 1.51. The van der Waals surface area contributed by atoms with Crippen LogP contribution in [0.1, 0.15) is 5.56 Å². The van der Waals surface area contributed by atoms with Gasteiger partial charge in [-0.25, -0.2) is 4.98 Å². The highest BCUT2D eigenvalue weighted by atomic mass is 16.2. The third-order valence-electron chi connectivity index (χ3n) is 4.29. The van der Waals surface area contributed by atoms with Gasteiger partial charge in [-0.2, -0.15) is 5.10 Å². The quantitative estimate of drug-likeness (QED) is 0.582. The summed E-state index contributed by atoms with van der Waals surface area (Å²) in [6.07, 6.45) is 10.0. The maximum Gasteiger partial charge on any atom is 0.247 e. The van der Waals surface area contributed by atoms with Crippen LogP contribution < -0.4 is 5.32 Å². The number of aromatic nitrogens is 5. The molecule has 1 aromatic carbocycles. The van der Waals surface area contributed by atoms with Gasteiger partial charge in [0.1, 0.15) is 6.54 Å². The summed E-state index contributed by atoms with van der Waals surface area (Å²) in [5.41, 5.74) is 5.12. The predicted molar refractivity (Wildman–Crippen MR) is 106 cm³/mol. The summed E-state index contributed by atoms with van der Waals surface area (Å²) in [7, 11) is 0. The topological polar surface area (TPSA) is 85.6 Å². The molecule has 1 amide bonds. The number of carbonyl (C=O) groups excluding carboxylic acids is 1. The van der Waals surface area contributed by atoms with E-state index in [0.29, 0.717) is 5.82 Å². The molecule has 7 nitrogen and oxygen atoms in total. The highest BCUT2D eigenvalue weighted by Gasteiger charge is 2.09. The van der Waals surface area contributed by atoms with Crippen molar-refractivity contribution in [2.75, 3.05) is 5.32 Å². The van der Waals surface area contributed by atoms with Gasteiger partial charge < -0.3 is 5.32 Å². The van der Waals surface area contributed by atoms with Gasteiger partial charge in [-0.1, -0.05) is 18.2 Å². The molecule has 138 valence electrons. The van der Waals surface area contributed by atoms with E-state index in [-0.39, 0.29) is 12.5 Å². The Morgan fingerprint density at radius 1 is 1.04 bits per heavy atom. The van der Waals surface area contributed by atoms with E-state index in [1.165, 1.54) is 18.0 Å². The number of benzene rings is 1. The fourth-order valence-corrected chi connectivity index (χ4v) is 2.91. The number of amides is 1. The third kappa shape index (κ3) is 3.93. The van der Waals surface area contributed by atoms with Crippen molar-refractivity contribution in [1.29, 1.82) is 0 Å². The van der Waals surface area contributed by atoms with E-state index in [9.17, 15) is 4.79 Å². The first-order valence-electron chi connectivity index (χ1n) is 8.80. The minimum absolute atomic E-state index is 0.0952. The summed E-state index contributed by atoms with van der Waals surface area (Å²) < 4.78 is 1.60. The number of pyridine rings is 1. The summed E-state index contributed by atoms with van der Waals surface area (Å²) in [6.45, 7) is 2.16. The van der Waals surface area contributed by atoms with Gasteiger partial charge in [-0.05, 0) is 36.2 Å². The second-order valence-electron chi connectivity index (χ2n) is 6.31. The van der Waals surface area contributed by atoms with E-state index >= 15 is 0 Å². The molecule has 0 saturated heterocycles. The number of nitrogens with one attached hydrogen (secondary N) is 1. The highest BCUT2D eigenvalue weighted by molar-refractivity contribution is 5.89. The van der Waals surface area contributed by atoms with Crippen molar-refractivity contribution in [3.05, 3.63) is 79.1 Å². The molecule has 3 heterocycles. The van der Waals surface area contributed by atoms with Crippen LogP contribution in [0.5, 0.6) is 0 Å². The number of rotatable bonds is 5. The molecule has 0 saturated carbocycles. The number of aryl methyl sites for hydroxylation is 1. The molecule has 4 rings (SSSR count). The van der Waals surface area contributed by atoms with Crippen LogP contribution in [0.25, 0.3) is 22.4 Å². The highest BCUT2D eigenvalue weighted by Crippen LogP contribution is 2.27. The minimum Gasteiger partial charge on any atom is -0.308 e. The molecule has 0 atom stereocenters. The lowest BCUT2D eigenvalue weighted by atomic mass is 10.00. The van der Waals surface area contributed by atoms with Crippen LogP contribution in [0.4, 0.5) is 5.82 Å². The molecule has 0 aliphatic heterocycles. The van der Waals surface area contributed by atoms with Crippen molar-refractivity contribution < 1.29 is 4.79 Å². The van der Waals surface area contributed by atoms with Crippen molar-refractivity contribution in [3.63, 3.8) is 0 Å². The average Bonchev–Trinajstić information content (AvgIpc) is 3.17. The van der Waals surface area contributed by atoms with Crippen LogP contribution in [-0.4, -0.2) is 30.6 Å². The predicted octanol–water partition coefficient (Wildman–Crippen LogP) is 3.35. The Labute approximate surface area is 162 Å². The summed E-state index contributed by atoms with van der Waals surface area (Å²) in [6, 6.07) is 12.0. The number of nitrogens with zero attached hydrogens (tertiary/aromatic N) is 5. The summed E-state index contributed by atoms with van der Waals surface area (Å²) in [4.78, 5) is 24.3. The number of carbonyl (C=O) groups is 1. The van der Waals surface area contributed by atoms with Gasteiger partial charge in [-0.15, -0.1) is 0 Å². The van der Waals surface area contributed by atoms with E-state index in [0.717, 1.165) is 22.4 Å². The van der Waals surface area contributed by atoms with Gasteiger partial charge in [0, 0.05) is 42.1 Å². The Morgan fingerprint density at radius 3 is 2.71 bits per heavy atom. The molecule has 3 aromatic heterocycles. The lowest BCUT2D eigenvalue weighted by molar-refractivity contribution is -0.116. The first kappa shape index (κ1) is 17.5. The van der Waals surface area contributed by atoms with E-state index < -0.39 is 0 Å². The lowest BCUT2D eigenvalue weighted by Crippen LogP contribution is -2.19. The summed E-state index contributed by atoms with van der Waals surface area (Å²) in [5.74, 6) is 0.203. The van der Waals surface area contributed by atoms with Crippen molar-refractivity contribution in [2.24, 2.45) is 0 Å². The molecular formula is C21H18N6O. The molecule has 7 heteroatoms. The molecule has 4 aromatic rings. The van der Waals surface area contributed by atoms with Gasteiger partial charge in [-0.3, -0.25) is 19.4 Å². The van der Waals surface area contributed by atoms with E-state index in [2.05, 4.69) is 44.4 Å². The fraction of sp³-hybridized carbons (Fsp3) is 0.0952. The maximum atomic E-state index is 12.2. The monoisotopic (exact) mass is 370 g/mol. The minimum atomic E-state index is -0.213. The first-order valence-corrected chi connectivity index (χ1v) is 8.80. The lowest BCUT2D eigenvalue weighted by Gasteiger charge is -2.07. The van der Waals surface area contributed by atoms with Gasteiger partial charge in [0.05, 0.1) is 11.9 Å². The maximum absolute atomic E-state index is 12.2. The van der Waals surface area contributed by atoms with E-state index in [4.69, 9.17) is 0 Å². The Morgan fingerprint density at radius 2 is 1.89 bits per heavy atom. The van der Waals surface area contributed by atoms with Gasteiger partial charge >= 0.3 is 0 Å². The van der Waals surface area contributed by atoms with Crippen LogP contribution in [-0.2, 0) is 11.3 Å². The zero-order chi connectivity index (χ0) is 19.3. The second-order valence-corrected chi connectivity index (χ2v) is 6.31. The van der Waals surface area contributed by atoms with Crippen molar-refractivity contribution in [3.8, 4) is 22.4 Å². The number of hydrogen-bond acceptors (Lipinski definition) is 5. The first-order chi connectivity index (χ1) is 13.7. The zero-order valence-corrected chi connectivity index (χ0v) is 15.3. The van der Waals surface area contributed by atoms with E-state index in [1.807, 2.05) is 30.5 Å². The number of hydrogen-bond donors (Lipinski definition) is 1. The van der Waals surface area contributed by atoms with Crippen molar-refractivity contribution in [1.82, 2.24) is 24.7 Å². The van der Waals surface area contributed by atoms with Crippen LogP contribution in [0.15, 0.2) is 73.6 Å². The molecule has 28 heavy (non-hydrogen) atoms. The molecule has 1 N–H and O–H groups in total. The molecule has 0 spiro atoms. The van der Waals surface area contributed by atoms with Crippen molar-refractivity contribution in [2.45, 2.75) is 13.5 Å². The van der Waals surface area contributed by atoms with E-state index in [1.54, 1.807) is 23.3 Å². The molecule has 0 aliphatic carbocycles. The van der Waals surface area contributed by atoms with Crippen LogP contribution >= 0.6 is 0 Å². The fourth-order valence-electron chi connectivity index (χ4n) is 2.91. The SMILES string of the molecule is Cc1ccncc1-c1cccc(-c2ccn(CC(=O)Nc3cnccn3)n2)c1. The molecule has 0 radical (unpaired) electrons. The normalized spacial score (nSPS) is 10.6. The van der Waals surface area contributed by atoms with Crippen LogP contribution in [0.2, 0.25) is 0 Å². The Hall–Kier alpha value is -3.87. The third-order valence-corrected chi connectivity index (χ3v) is 4.29. The average molecular weight is 370 g/mol. The molecule has 0 fully saturated rings. The largest absolute Gasteiger partial charge is 0.308 e. The Kier molecular flexibility index (Phi) is 4.88. The molecule has 0 aliphatic rings. The molecule has 0 bridgehead atoms. The van der Waals surface area contributed by atoms with Gasteiger partial charge in [0.2, 0.25) is 5.91 Å². The van der Waals surface area contributed by atoms with Gasteiger partial charge in [0.25, 0.3) is 0 Å². The second kappa shape index (κ2) is 7.79. The van der Waals surface area contributed by atoms with Crippen molar-refractivity contribution >= 4 is 11.7 Å². The zero-order valence-electron chi connectivity index (χ0n) is 15.3. The van der Waals surface area contributed by atoms with Crippen LogP contribution in [0, 0.1) is 6.92 Å². The summed E-state index contributed by atoms with van der Waals surface area (Å²) in [5, 5.41) is 7.22. The van der Waals surface area contributed by atoms with Gasteiger partial charge in [0.15, 0.2) is 5.82 Å². The molecular weight excluding hydrogens is 352 g/mol.